The van der Waals surface area contributed by atoms with E-state index in [1.54, 1.807) is 29.6 Å². The fourth-order valence-corrected chi connectivity index (χ4v) is 4.24. The minimum absolute atomic E-state index is 0.0322. The predicted octanol–water partition coefficient (Wildman–Crippen LogP) is 4.46. The van der Waals surface area contributed by atoms with Crippen LogP contribution in [0.1, 0.15) is 31.0 Å². The summed E-state index contributed by atoms with van der Waals surface area (Å²) in [5.74, 6) is -1.47. The van der Waals surface area contributed by atoms with Gasteiger partial charge in [-0.05, 0) is 55.8 Å². The van der Waals surface area contributed by atoms with Crippen molar-refractivity contribution >= 4 is 39.6 Å². The van der Waals surface area contributed by atoms with Crippen LogP contribution in [-0.2, 0) is 9.59 Å². The number of non-ortho nitro benzene ring substituents is 1. The molecule has 1 amide bonds. The Morgan fingerprint density at radius 2 is 1.82 bits per heavy atom. The van der Waals surface area contributed by atoms with Crippen molar-refractivity contribution in [2.75, 3.05) is 4.90 Å². The number of hydrogen-bond donors (Lipinski definition) is 1. The van der Waals surface area contributed by atoms with Crippen LogP contribution in [0.4, 0.5) is 10.8 Å². The Kier molecular flexibility index (Phi) is 5.93. The maximum atomic E-state index is 13.0. The van der Waals surface area contributed by atoms with Gasteiger partial charge in [0, 0.05) is 29.3 Å². The second-order valence-corrected chi connectivity index (χ2v) is 8.40. The van der Waals surface area contributed by atoms with Gasteiger partial charge in [0.05, 0.1) is 22.6 Å². The Hall–Kier alpha value is -4.05. The molecule has 1 aliphatic rings. The van der Waals surface area contributed by atoms with Crippen LogP contribution in [0.15, 0.2) is 65.7 Å². The topological polar surface area (TPSA) is 123 Å². The number of ketones is 1. The first-order valence-corrected chi connectivity index (χ1v) is 10.9. The van der Waals surface area contributed by atoms with Crippen molar-refractivity contribution in [2.24, 2.45) is 0 Å². The number of aliphatic hydroxyl groups excluding tert-OH is 1. The third kappa shape index (κ3) is 4.20. The van der Waals surface area contributed by atoms with Gasteiger partial charge >= 0.3 is 5.91 Å². The number of anilines is 1. The molecular weight excluding hydrogens is 446 g/mol. The van der Waals surface area contributed by atoms with E-state index in [0.29, 0.717) is 16.9 Å². The van der Waals surface area contributed by atoms with Gasteiger partial charge in [-0.3, -0.25) is 24.6 Å². The Balaban J connectivity index is 1.84. The summed E-state index contributed by atoms with van der Waals surface area (Å²) in [6.07, 6.45) is 1.47. The van der Waals surface area contributed by atoms with Crippen molar-refractivity contribution < 1.29 is 24.4 Å². The lowest BCUT2D eigenvalue weighted by molar-refractivity contribution is -0.384. The highest BCUT2D eigenvalue weighted by molar-refractivity contribution is 7.14. The number of hydrogen-bond acceptors (Lipinski definition) is 8. The van der Waals surface area contributed by atoms with Crippen LogP contribution in [0, 0.1) is 10.1 Å². The van der Waals surface area contributed by atoms with Gasteiger partial charge in [-0.15, -0.1) is 11.3 Å². The number of amides is 1. The molecule has 3 aromatic rings. The molecule has 10 heteroatoms. The van der Waals surface area contributed by atoms with E-state index in [1.165, 1.54) is 35.4 Å². The van der Waals surface area contributed by atoms with E-state index in [4.69, 9.17) is 4.74 Å². The molecule has 168 valence electrons. The summed E-state index contributed by atoms with van der Waals surface area (Å²) in [5, 5.41) is 24.1. The van der Waals surface area contributed by atoms with E-state index in [2.05, 4.69) is 4.98 Å². The molecule has 33 heavy (non-hydrogen) atoms. The number of Topliss-reactive ketones (excluding diaryl/α,β-unsaturated/α-hetero) is 1. The molecule has 1 atom stereocenters. The van der Waals surface area contributed by atoms with Crippen molar-refractivity contribution in [1.29, 1.82) is 0 Å². The number of nitro benzene ring substituents is 1. The van der Waals surface area contributed by atoms with Gasteiger partial charge in [-0.25, -0.2) is 4.98 Å². The lowest BCUT2D eigenvalue weighted by Crippen LogP contribution is -2.29. The number of aromatic nitrogens is 1. The molecule has 2 heterocycles. The van der Waals surface area contributed by atoms with Crippen molar-refractivity contribution in [3.8, 4) is 5.75 Å². The average Bonchev–Trinajstić information content (AvgIpc) is 3.40. The quantitative estimate of drug-likeness (QED) is 0.187. The van der Waals surface area contributed by atoms with Crippen molar-refractivity contribution in [1.82, 2.24) is 4.98 Å². The van der Waals surface area contributed by atoms with Crippen molar-refractivity contribution in [2.45, 2.75) is 26.0 Å². The van der Waals surface area contributed by atoms with E-state index in [9.17, 15) is 24.8 Å². The van der Waals surface area contributed by atoms with Crippen molar-refractivity contribution in [3.05, 3.63) is 86.9 Å². The van der Waals surface area contributed by atoms with Crippen LogP contribution in [0.25, 0.3) is 5.76 Å². The number of aliphatic hydroxyl groups is 1. The maximum Gasteiger partial charge on any atom is 0.301 e. The molecule has 0 aliphatic carbocycles. The summed E-state index contributed by atoms with van der Waals surface area (Å²) in [6, 6.07) is 11.0. The number of rotatable bonds is 6. The minimum atomic E-state index is -0.997. The SMILES string of the molecule is CC(C)Oc1ccc(C(O)=C2C(=O)C(=O)N(c3nccs3)[C@@H]2c2ccc([N+](=O)[O-])cc2)cc1. The van der Waals surface area contributed by atoms with Gasteiger partial charge < -0.3 is 9.84 Å². The largest absolute Gasteiger partial charge is 0.507 e. The number of ether oxygens (including phenoxy) is 1. The van der Waals surface area contributed by atoms with Crippen LogP contribution in [-0.4, -0.2) is 32.8 Å². The minimum Gasteiger partial charge on any atom is -0.507 e. The summed E-state index contributed by atoms with van der Waals surface area (Å²) in [5.41, 5.74) is 0.499. The average molecular weight is 465 g/mol. The lowest BCUT2D eigenvalue weighted by Gasteiger charge is -2.22. The van der Waals surface area contributed by atoms with Gasteiger partial charge in [-0.2, -0.15) is 0 Å². The zero-order valence-corrected chi connectivity index (χ0v) is 18.5. The third-order valence-electron chi connectivity index (χ3n) is 4.99. The monoisotopic (exact) mass is 465 g/mol. The van der Waals surface area contributed by atoms with E-state index < -0.39 is 22.7 Å². The third-order valence-corrected chi connectivity index (χ3v) is 5.76. The molecule has 1 aromatic heterocycles. The molecule has 2 aromatic carbocycles. The summed E-state index contributed by atoms with van der Waals surface area (Å²) < 4.78 is 5.61. The molecule has 0 unspecified atom stereocenters. The highest BCUT2D eigenvalue weighted by Crippen LogP contribution is 2.43. The molecular formula is C23H19N3O6S. The van der Waals surface area contributed by atoms with Gasteiger partial charge in [0.15, 0.2) is 5.13 Å². The Morgan fingerprint density at radius 1 is 1.15 bits per heavy atom. The number of benzene rings is 2. The fourth-order valence-electron chi connectivity index (χ4n) is 3.58. The van der Waals surface area contributed by atoms with E-state index >= 15 is 0 Å². The first-order chi connectivity index (χ1) is 15.8. The number of nitro groups is 1. The smallest absolute Gasteiger partial charge is 0.301 e. The molecule has 0 radical (unpaired) electrons. The van der Waals surface area contributed by atoms with Crippen molar-refractivity contribution in [3.63, 3.8) is 0 Å². The molecule has 1 aliphatic heterocycles. The fraction of sp³-hybridized carbons (Fsp3) is 0.174. The van der Waals surface area contributed by atoms with Crippen LogP contribution >= 0.6 is 11.3 Å². The van der Waals surface area contributed by atoms with E-state index in [0.717, 1.165) is 11.3 Å². The van der Waals surface area contributed by atoms with Crippen LogP contribution < -0.4 is 9.64 Å². The number of nitrogens with zero attached hydrogens (tertiary/aromatic N) is 3. The molecule has 1 N–H and O–H groups in total. The lowest BCUT2D eigenvalue weighted by atomic mass is 9.95. The molecule has 1 saturated heterocycles. The van der Waals surface area contributed by atoms with E-state index in [1.807, 2.05) is 13.8 Å². The maximum absolute atomic E-state index is 13.0. The van der Waals surface area contributed by atoms with Crippen LogP contribution in [0.5, 0.6) is 5.75 Å². The molecule has 9 nitrogen and oxygen atoms in total. The Labute approximate surface area is 192 Å². The molecule has 1 fully saturated rings. The standard InChI is InChI=1S/C23H19N3O6S/c1-13(2)32-17-9-5-15(6-10-17)20(27)18-19(14-3-7-16(8-4-14)26(30)31)25(22(29)21(18)28)23-24-11-12-33-23/h3-13,19,27H,1-2H3/t19-/m1/s1. The van der Waals surface area contributed by atoms with Crippen LogP contribution in [0.2, 0.25) is 0 Å². The summed E-state index contributed by atoms with van der Waals surface area (Å²) in [6.45, 7) is 3.77. The molecule has 0 saturated carbocycles. The molecule has 0 bridgehead atoms. The molecule has 4 rings (SSSR count). The Bertz CT molecular complexity index is 1230. The van der Waals surface area contributed by atoms with Gasteiger partial charge in [0.1, 0.15) is 11.5 Å². The first-order valence-electron chi connectivity index (χ1n) is 10.00. The first kappa shape index (κ1) is 22.2. The van der Waals surface area contributed by atoms with Gasteiger partial charge in [-0.1, -0.05) is 0 Å². The second-order valence-electron chi connectivity index (χ2n) is 7.52. The summed E-state index contributed by atoms with van der Waals surface area (Å²) in [4.78, 5) is 41.9. The van der Waals surface area contributed by atoms with E-state index in [-0.39, 0.29) is 28.3 Å². The summed E-state index contributed by atoms with van der Waals surface area (Å²) in [7, 11) is 0. The number of carbonyl (C=O) groups is 2. The summed E-state index contributed by atoms with van der Waals surface area (Å²) >= 11 is 1.16. The second kappa shape index (κ2) is 8.83. The van der Waals surface area contributed by atoms with Crippen LogP contribution in [0.3, 0.4) is 0 Å². The number of thiazole rings is 1. The zero-order chi connectivity index (χ0) is 23.7. The van der Waals surface area contributed by atoms with Gasteiger partial charge in [0.25, 0.3) is 11.5 Å². The highest BCUT2D eigenvalue weighted by Gasteiger charge is 2.48. The number of carbonyl (C=O) groups excluding carboxylic acids is 2. The van der Waals surface area contributed by atoms with Gasteiger partial charge in [0.2, 0.25) is 0 Å². The normalized spacial score (nSPS) is 17.5. The molecule has 0 spiro atoms. The highest BCUT2D eigenvalue weighted by atomic mass is 32.1. The predicted molar refractivity (Wildman–Crippen MR) is 122 cm³/mol. The zero-order valence-electron chi connectivity index (χ0n) is 17.7. The Morgan fingerprint density at radius 3 is 2.36 bits per heavy atom.